The molecule has 23 heavy (non-hydrogen) atoms. The van der Waals surface area contributed by atoms with E-state index in [0.29, 0.717) is 0 Å². The zero-order valence-corrected chi connectivity index (χ0v) is 17.0. The average molecular weight is 435 g/mol. The monoisotopic (exact) mass is 435 g/mol. The van der Waals surface area contributed by atoms with E-state index < -0.39 is 0 Å². The van der Waals surface area contributed by atoms with Gasteiger partial charge in [-0.1, -0.05) is 19.4 Å². The summed E-state index contributed by atoms with van der Waals surface area (Å²) in [4.78, 5) is 4.55. The van der Waals surface area contributed by atoms with Crippen LogP contribution in [0.4, 0.5) is 0 Å². The largest absolute Gasteiger partial charge is 0.493 e. The van der Waals surface area contributed by atoms with E-state index in [1.54, 1.807) is 14.2 Å². The van der Waals surface area contributed by atoms with Crippen molar-refractivity contribution in [3.8, 4) is 11.5 Å². The van der Waals surface area contributed by atoms with Crippen molar-refractivity contribution in [3.05, 3.63) is 23.8 Å². The lowest BCUT2D eigenvalue weighted by Crippen LogP contribution is -2.38. The summed E-state index contributed by atoms with van der Waals surface area (Å²) in [6.45, 7) is 6.81. The minimum Gasteiger partial charge on any atom is -0.493 e. The Hall–Kier alpha value is -1.18. The first-order chi connectivity index (χ1) is 10.7. The van der Waals surface area contributed by atoms with Gasteiger partial charge in [0.2, 0.25) is 0 Å². The summed E-state index contributed by atoms with van der Waals surface area (Å²) in [5.74, 6) is 2.41. The van der Waals surface area contributed by atoms with Crippen molar-refractivity contribution in [3.63, 3.8) is 0 Å². The van der Waals surface area contributed by atoms with Crippen LogP contribution in [0.1, 0.15) is 32.3 Å². The van der Waals surface area contributed by atoms with Crippen LogP contribution in [0.25, 0.3) is 0 Å². The lowest BCUT2D eigenvalue weighted by Gasteiger charge is -2.12. The summed E-state index contributed by atoms with van der Waals surface area (Å²) in [5.41, 5.74) is 1.20. The molecule has 0 aliphatic heterocycles. The van der Waals surface area contributed by atoms with Crippen LogP contribution >= 0.6 is 24.0 Å². The van der Waals surface area contributed by atoms with Gasteiger partial charge in [0.05, 0.1) is 14.2 Å². The lowest BCUT2D eigenvalue weighted by atomic mass is 10.1. The number of guanidine groups is 1. The summed E-state index contributed by atoms with van der Waals surface area (Å²) in [6.07, 6.45) is 3.18. The fourth-order valence-corrected chi connectivity index (χ4v) is 2.05. The first kappa shape index (κ1) is 21.8. The number of nitrogens with one attached hydrogen (secondary N) is 2. The van der Waals surface area contributed by atoms with Crippen molar-refractivity contribution >= 4 is 29.9 Å². The molecule has 0 fully saturated rings. The topological polar surface area (TPSA) is 54.9 Å². The van der Waals surface area contributed by atoms with Crippen molar-refractivity contribution in [2.24, 2.45) is 4.99 Å². The lowest BCUT2D eigenvalue weighted by molar-refractivity contribution is 0.354. The van der Waals surface area contributed by atoms with Crippen molar-refractivity contribution < 1.29 is 9.47 Å². The molecule has 0 unspecified atom stereocenters. The average Bonchev–Trinajstić information content (AvgIpc) is 2.54. The van der Waals surface area contributed by atoms with Gasteiger partial charge in [-0.05, 0) is 37.5 Å². The minimum atomic E-state index is 0. The van der Waals surface area contributed by atoms with Crippen LogP contribution in [0.15, 0.2) is 23.2 Å². The number of hydrogen-bond acceptors (Lipinski definition) is 3. The summed E-state index contributed by atoms with van der Waals surface area (Å²) >= 11 is 0. The highest BCUT2D eigenvalue weighted by Crippen LogP contribution is 2.27. The van der Waals surface area contributed by atoms with Crippen LogP contribution in [0, 0.1) is 0 Å². The number of rotatable bonds is 9. The molecule has 5 nitrogen and oxygen atoms in total. The molecule has 6 heteroatoms. The number of benzene rings is 1. The summed E-state index contributed by atoms with van der Waals surface area (Å²) < 4.78 is 10.6. The third-order valence-electron chi connectivity index (χ3n) is 3.28. The molecule has 0 saturated carbocycles. The van der Waals surface area contributed by atoms with Crippen LogP contribution < -0.4 is 20.1 Å². The maximum Gasteiger partial charge on any atom is 0.191 e. The number of methoxy groups -OCH3 is 2. The van der Waals surface area contributed by atoms with Crippen molar-refractivity contribution in [1.82, 2.24) is 10.6 Å². The second-order valence-corrected chi connectivity index (χ2v) is 4.98. The predicted molar refractivity (Wildman–Crippen MR) is 108 cm³/mol. The number of nitrogens with zero attached hydrogens (tertiary/aromatic N) is 1. The Morgan fingerprint density at radius 1 is 1.09 bits per heavy atom. The molecular weight excluding hydrogens is 405 g/mol. The first-order valence-corrected chi connectivity index (χ1v) is 7.98. The Morgan fingerprint density at radius 3 is 2.43 bits per heavy atom. The van der Waals surface area contributed by atoms with E-state index in [2.05, 4.69) is 35.5 Å². The van der Waals surface area contributed by atoms with Crippen molar-refractivity contribution in [2.45, 2.75) is 33.1 Å². The third-order valence-corrected chi connectivity index (χ3v) is 3.28. The van der Waals surface area contributed by atoms with E-state index in [0.717, 1.165) is 56.4 Å². The molecule has 0 amide bonds. The summed E-state index contributed by atoms with van der Waals surface area (Å²) in [6, 6.07) is 6.01. The van der Waals surface area contributed by atoms with E-state index in [1.807, 2.05) is 12.1 Å². The molecule has 0 aliphatic carbocycles. The van der Waals surface area contributed by atoms with Gasteiger partial charge >= 0.3 is 0 Å². The highest BCUT2D eigenvalue weighted by atomic mass is 127. The van der Waals surface area contributed by atoms with E-state index in [4.69, 9.17) is 9.47 Å². The molecule has 0 saturated heterocycles. The van der Waals surface area contributed by atoms with Crippen LogP contribution in [0.2, 0.25) is 0 Å². The van der Waals surface area contributed by atoms with Crippen LogP contribution in [-0.4, -0.2) is 39.8 Å². The van der Waals surface area contributed by atoms with Gasteiger partial charge in [0, 0.05) is 19.6 Å². The molecule has 0 heterocycles. The standard InChI is InChI=1S/C17H29N3O2.HI/c1-5-7-11-19-17(18-6-2)20-12-10-14-8-9-15(21-3)16(13-14)22-4;/h8-9,13H,5-7,10-12H2,1-4H3,(H2,18,19,20);1H. The Kier molecular flexibility index (Phi) is 12.6. The Labute approximate surface area is 157 Å². The quantitative estimate of drug-likeness (QED) is 0.271. The van der Waals surface area contributed by atoms with Crippen molar-refractivity contribution in [1.29, 1.82) is 0 Å². The zero-order valence-electron chi connectivity index (χ0n) is 14.6. The highest BCUT2D eigenvalue weighted by molar-refractivity contribution is 14.0. The SMILES string of the molecule is CCCCN=C(NCC)NCCc1ccc(OC)c(OC)c1.I. The summed E-state index contributed by atoms with van der Waals surface area (Å²) in [5, 5.41) is 6.62. The number of ether oxygens (including phenoxy) is 2. The molecule has 1 aromatic carbocycles. The zero-order chi connectivity index (χ0) is 16.2. The summed E-state index contributed by atoms with van der Waals surface area (Å²) in [7, 11) is 3.30. The normalized spacial score (nSPS) is 10.7. The smallest absolute Gasteiger partial charge is 0.191 e. The molecule has 2 N–H and O–H groups in total. The number of aliphatic imine (C=N–C) groups is 1. The molecule has 0 radical (unpaired) electrons. The van der Waals surface area contributed by atoms with Gasteiger partial charge in [0.1, 0.15) is 0 Å². The fourth-order valence-electron chi connectivity index (χ4n) is 2.05. The molecule has 0 aromatic heterocycles. The minimum absolute atomic E-state index is 0. The molecular formula is C17H30IN3O2. The van der Waals surface area contributed by atoms with Crippen LogP contribution in [-0.2, 0) is 6.42 Å². The van der Waals surface area contributed by atoms with Gasteiger partial charge in [0.25, 0.3) is 0 Å². The third kappa shape index (κ3) is 8.29. The van der Waals surface area contributed by atoms with E-state index in [1.165, 1.54) is 5.56 Å². The molecule has 0 bridgehead atoms. The molecule has 0 atom stereocenters. The van der Waals surface area contributed by atoms with Crippen molar-refractivity contribution in [2.75, 3.05) is 33.9 Å². The van der Waals surface area contributed by atoms with E-state index in [9.17, 15) is 0 Å². The maximum absolute atomic E-state index is 5.33. The molecule has 0 spiro atoms. The first-order valence-electron chi connectivity index (χ1n) is 7.98. The van der Waals surface area contributed by atoms with E-state index >= 15 is 0 Å². The predicted octanol–water partition coefficient (Wildman–Crippen LogP) is 3.22. The highest BCUT2D eigenvalue weighted by Gasteiger charge is 2.04. The van der Waals surface area contributed by atoms with Gasteiger partial charge in [-0.25, -0.2) is 0 Å². The van der Waals surface area contributed by atoms with Gasteiger partial charge in [-0.15, -0.1) is 24.0 Å². The Bertz CT molecular complexity index is 467. The number of halogens is 1. The second kappa shape index (κ2) is 13.3. The van der Waals surface area contributed by atoms with Gasteiger partial charge in [-0.2, -0.15) is 0 Å². The van der Waals surface area contributed by atoms with Gasteiger partial charge in [0.15, 0.2) is 17.5 Å². The Morgan fingerprint density at radius 2 is 1.83 bits per heavy atom. The second-order valence-electron chi connectivity index (χ2n) is 4.98. The fraction of sp³-hybridized carbons (Fsp3) is 0.588. The van der Waals surface area contributed by atoms with Crippen LogP contribution in [0.5, 0.6) is 11.5 Å². The van der Waals surface area contributed by atoms with Crippen LogP contribution in [0.3, 0.4) is 0 Å². The molecule has 1 rings (SSSR count). The van der Waals surface area contributed by atoms with Gasteiger partial charge < -0.3 is 20.1 Å². The maximum atomic E-state index is 5.33. The van der Waals surface area contributed by atoms with Gasteiger partial charge in [-0.3, -0.25) is 4.99 Å². The Balaban J connectivity index is 0.00000484. The molecule has 132 valence electrons. The number of unbranched alkanes of at least 4 members (excludes halogenated alkanes) is 1. The molecule has 1 aromatic rings. The molecule has 0 aliphatic rings. The van der Waals surface area contributed by atoms with E-state index in [-0.39, 0.29) is 24.0 Å². The number of hydrogen-bond donors (Lipinski definition) is 2.